The van der Waals surface area contributed by atoms with Crippen LogP contribution in [-0.4, -0.2) is 25.9 Å². The monoisotopic (exact) mass is 142 g/mol. The van der Waals surface area contributed by atoms with Crippen molar-refractivity contribution in [2.75, 3.05) is 19.8 Å². The van der Waals surface area contributed by atoms with E-state index in [1.54, 1.807) is 0 Å². The van der Waals surface area contributed by atoms with Crippen LogP contribution in [0.25, 0.3) is 0 Å². The van der Waals surface area contributed by atoms with Crippen LogP contribution in [0.5, 0.6) is 0 Å². The first-order valence-electron chi connectivity index (χ1n) is 3.44. The topological polar surface area (TPSA) is 18.5 Å². The summed E-state index contributed by atoms with van der Waals surface area (Å²) in [6, 6.07) is 0. The second-order valence-corrected chi connectivity index (χ2v) is 1.99. The van der Waals surface area contributed by atoms with Gasteiger partial charge in [0.25, 0.3) is 0 Å². The molecule has 0 rings (SSSR count). The molecule has 1 atom stereocenters. The van der Waals surface area contributed by atoms with Gasteiger partial charge in [-0.3, -0.25) is 0 Å². The van der Waals surface area contributed by atoms with Gasteiger partial charge in [-0.1, -0.05) is 5.92 Å². The van der Waals surface area contributed by atoms with Crippen LogP contribution >= 0.6 is 0 Å². The zero-order valence-electron chi connectivity index (χ0n) is 6.59. The molecular weight excluding hydrogens is 128 g/mol. The van der Waals surface area contributed by atoms with Crippen LogP contribution in [0.15, 0.2) is 0 Å². The molecule has 10 heavy (non-hydrogen) atoms. The summed E-state index contributed by atoms with van der Waals surface area (Å²) in [5.41, 5.74) is 0. The molecule has 0 saturated carbocycles. The Morgan fingerprint density at radius 2 is 2.30 bits per heavy atom. The molecule has 0 aliphatic heterocycles. The predicted octanol–water partition coefficient (Wildman–Crippen LogP) is 1.06. The van der Waals surface area contributed by atoms with Crippen LogP contribution in [0.1, 0.15) is 13.8 Å². The Morgan fingerprint density at radius 1 is 1.60 bits per heavy atom. The Bertz CT molecular complexity index is 104. The Kier molecular flexibility index (Phi) is 6.25. The molecule has 2 heteroatoms. The summed E-state index contributed by atoms with van der Waals surface area (Å²) in [7, 11) is 0. The van der Waals surface area contributed by atoms with Crippen molar-refractivity contribution >= 4 is 0 Å². The van der Waals surface area contributed by atoms with E-state index in [-0.39, 0.29) is 6.10 Å². The first-order valence-corrected chi connectivity index (χ1v) is 3.44. The van der Waals surface area contributed by atoms with Crippen molar-refractivity contribution in [1.29, 1.82) is 0 Å². The van der Waals surface area contributed by atoms with Crippen molar-refractivity contribution in [2.45, 2.75) is 20.0 Å². The number of ether oxygens (including phenoxy) is 2. The van der Waals surface area contributed by atoms with E-state index >= 15 is 0 Å². The van der Waals surface area contributed by atoms with E-state index < -0.39 is 0 Å². The van der Waals surface area contributed by atoms with Crippen LogP contribution < -0.4 is 0 Å². The predicted molar refractivity (Wildman–Crippen MR) is 40.7 cm³/mol. The molecule has 0 aromatic heterocycles. The van der Waals surface area contributed by atoms with E-state index in [9.17, 15) is 0 Å². The van der Waals surface area contributed by atoms with E-state index in [2.05, 4.69) is 5.92 Å². The van der Waals surface area contributed by atoms with Crippen LogP contribution in [-0.2, 0) is 9.47 Å². The maximum atomic E-state index is 5.19. The second kappa shape index (κ2) is 6.60. The second-order valence-electron chi connectivity index (χ2n) is 1.99. The Hall–Kier alpha value is -0.520. The minimum atomic E-state index is 0.151. The Balaban J connectivity index is 3.06. The van der Waals surface area contributed by atoms with Gasteiger partial charge in [0.15, 0.2) is 0 Å². The molecule has 0 aliphatic rings. The molecule has 0 aromatic rings. The van der Waals surface area contributed by atoms with Gasteiger partial charge in [-0.05, 0) is 13.8 Å². The third-order valence-electron chi connectivity index (χ3n) is 0.989. The lowest BCUT2D eigenvalue weighted by molar-refractivity contribution is 0.00749. The van der Waals surface area contributed by atoms with Gasteiger partial charge in [0.1, 0.15) is 6.61 Å². The average molecular weight is 142 g/mol. The quantitative estimate of drug-likeness (QED) is 0.422. The number of rotatable bonds is 5. The lowest BCUT2D eigenvalue weighted by atomic mass is 10.4. The molecule has 0 aliphatic carbocycles. The first kappa shape index (κ1) is 9.48. The first-order chi connectivity index (χ1) is 4.81. The molecule has 0 radical (unpaired) electrons. The molecule has 0 amide bonds. The maximum Gasteiger partial charge on any atom is 0.107 e. The number of hydrogen-bond acceptors (Lipinski definition) is 2. The molecule has 0 spiro atoms. The van der Waals surface area contributed by atoms with Gasteiger partial charge in [-0.2, -0.15) is 0 Å². The van der Waals surface area contributed by atoms with Gasteiger partial charge in [0.2, 0.25) is 0 Å². The molecule has 2 nitrogen and oxygen atoms in total. The highest BCUT2D eigenvalue weighted by molar-refractivity contribution is 4.82. The van der Waals surface area contributed by atoms with Crippen molar-refractivity contribution < 1.29 is 9.47 Å². The van der Waals surface area contributed by atoms with Crippen LogP contribution in [0.4, 0.5) is 0 Å². The van der Waals surface area contributed by atoms with Gasteiger partial charge in [0.05, 0.1) is 12.7 Å². The maximum absolute atomic E-state index is 5.19. The van der Waals surface area contributed by atoms with Crippen LogP contribution in [0, 0.1) is 12.3 Å². The van der Waals surface area contributed by atoms with E-state index in [4.69, 9.17) is 15.9 Å². The van der Waals surface area contributed by atoms with Crippen molar-refractivity contribution in [1.82, 2.24) is 0 Å². The summed E-state index contributed by atoms with van der Waals surface area (Å²) in [5, 5.41) is 0. The standard InChI is InChI=1S/C8H14O2/c1-4-6-9-7-8(3)10-5-2/h1,8H,5-7H2,2-3H3. The summed E-state index contributed by atoms with van der Waals surface area (Å²) in [6.07, 6.45) is 5.12. The van der Waals surface area contributed by atoms with Crippen molar-refractivity contribution in [3.8, 4) is 12.3 Å². The third-order valence-corrected chi connectivity index (χ3v) is 0.989. The molecule has 0 N–H and O–H groups in total. The summed E-state index contributed by atoms with van der Waals surface area (Å²) in [6.45, 7) is 5.59. The fourth-order valence-corrected chi connectivity index (χ4v) is 0.616. The average Bonchev–Trinajstić information content (AvgIpc) is 1.89. The van der Waals surface area contributed by atoms with Crippen LogP contribution in [0.3, 0.4) is 0 Å². The van der Waals surface area contributed by atoms with Crippen molar-refractivity contribution in [3.05, 3.63) is 0 Å². The molecule has 0 fully saturated rings. The van der Waals surface area contributed by atoms with Crippen LogP contribution in [0.2, 0.25) is 0 Å². The third kappa shape index (κ3) is 5.61. The normalized spacial score (nSPS) is 12.5. The number of terminal acetylenes is 1. The molecule has 0 saturated heterocycles. The highest BCUT2D eigenvalue weighted by Gasteiger charge is 1.98. The van der Waals surface area contributed by atoms with E-state index in [1.165, 1.54) is 0 Å². The summed E-state index contributed by atoms with van der Waals surface area (Å²) < 4.78 is 10.2. The highest BCUT2D eigenvalue weighted by atomic mass is 16.5. The summed E-state index contributed by atoms with van der Waals surface area (Å²) in [4.78, 5) is 0. The molecule has 1 unspecified atom stereocenters. The molecule has 0 bridgehead atoms. The Labute approximate surface area is 62.5 Å². The molecular formula is C8H14O2. The van der Waals surface area contributed by atoms with E-state index in [0.29, 0.717) is 13.2 Å². The fraction of sp³-hybridized carbons (Fsp3) is 0.750. The van der Waals surface area contributed by atoms with Crippen molar-refractivity contribution in [3.63, 3.8) is 0 Å². The van der Waals surface area contributed by atoms with Gasteiger partial charge in [-0.15, -0.1) is 6.42 Å². The zero-order chi connectivity index (χ0) is 7.82. The fourth-order valence-electron chi connectivity index (χ4n) is 0.616. The summed E-state index contributed by atoms with van der Waals surface area (Å²) >= 11 is 0. The van der Waals surface area contributed by atoms with Gasteiger partial charge in [0, 0.05) is 6.61 Å². The zero-order valence-corrected chi connectivity index (χ0v) is 6.59. The number of hydrogen-bond donors (Lipinski definition) is 0. The summed E-state index contributed by atoms with van der Waals surface area (Å²) in [5.74, 6) is 2.39. The van der Waals surface area contributed by atoms with Crippen molar-refractivity contribution in [2.24, 2.45) is 0 Å². The van der Waals surface area contributed by atoms with E-state index in [1.807, 2.05) is 13.8 Å². The Morgan fingerprint density at radius 3 is 2.80 bits per heavy atom. The van der Waals surface area contributed by atoms with E-state index in [0.717, 1.165) is 6.61 Å². The molecule has 0 aromatic carbocycles. The lowest BCUT2D eigenvalue weighted by Crippen LogP contribution is -2.15. The minimum Gasteiger partial charge on any atom is -0.376 e. The minimum absolute atomic E-state index is 0.151. The van der Waals surface area contributed by atoms with Gasteiger partial charge < -0.3 is 9.47 Å². The highest BCUT2D eigenvalue weighted by Crippen LogP contribution is 1.90. The molecule has 58 valence electrons. The lowest BCUT2D eigenvalue weighted by Gasteiger charge is -2.09. The smallest absolute Gasteiger partial charge is 0.107 e. The van der Waals surface area contributed by atoms with Gasteiger partial charge in [-0.25, -0.2) is 0 Å². The largest absolute Gasteiger partial charge is 0.376 e. The SMILES string of the molecule is C#CCOCC(C)OCC. The van der Waals surface area contributed by atoms with Gasteiger partial charge >= 0.3 is 0 Å². The molecule has 0 heterocycles.